The summed E-state index contributed by atoms with van der Waals surface area (Å²) < 4.78 is 22.4. The van der Waals surface area contributed by atoms with Crippen molar-refractivity contribution < 1.29 is 18.3 Å². The van der Waals surface area contributed by atoms with Crippen LogP contribution in [0.5, 0.6) is 0 Å². The average molecular weight is 204 g/mol. The van der Waals surface area contributed by atoms with Gasteiger partial charge in [-0.2, -0.15) is 0 Å². The first-order chi connectivity index (χ1) is 5.98. The van der Waals surface area contributed by atoms with Crippen LogP contribution in [0.25, 0.3) is 0 Å². The summed E-state index contributed by atoms with van der Waals surface area (Å²) >= 11 is 0. The van der Waals surface area contributed by atoms with Gasteiger partial charge in [-0.15, -0.1) is 0 Å². The van der Waals surface area contributed by atoms with Crippen LogP contribution in [0, 0.1) is 17.8 Å². The van der Waals surface area contributed by atoms with Crippen molar-refractivity contribution >= 4 is 15.8 Å². The Kier molecular flexibility index (Phi) is 1.87. The second-order valence-corrected chi connectivity index (χ2v) is 6.25. The van der Waals surface area contributed by atoms with Crippen molar-refractivity contribution in [2.75, 3.05) is 11.5 Å². The van der Waals surface area contributed by atoms with Gasteiger partial charge in [-0.1, -0.05) is 0 Å². The van der Waals surface area contributed by atoms with Crippen molar-refractivity contribution in [1.82, 2.24) is 0 Å². The highest BCUT2D eigenvalue weighted by Gasteiger charge is 2.50. The van der Waals surface area contributed by atoms with E-state index in [0.29, 0.717) is 0 Å². The Labute approximate surface area is 76.9 Å². The molecule has 1 aliphatic carbocycles. The zero-order chi connectivity index (χ0) is 9.64. The molecule has 3 atom stereocenters. The highest BCUT2D eigenvalue weighted by atomic mass is 32.2. The predicted octanol–water partition coefficient (Wildman–Crippen LogP) is 0.142. The molecule has 5 heteroatoms. The Morgan fingerprint density at radius 2 is 2.08 bits per heavy atom. The lowest BCUT2D eigenvalue weighted by molar-refractivity contribution is -0.140. The Morgan fingerprint density at radius 1 is 1.38 bits per heavy atom. The van der Waals surface area contributed by atoms with E-state index in [9.17, 15) is 13.2 Å². The van der Waals surface area contributed by atoms with Crippen molar-refractivity contribution in [2.24, 2.45) is 17.8 Å². The van der Waals surface area contributed by atoms with Crippen molar-refractivity contribution in [3.05, 3.63) is 0 Å². The van der Waals surface area contributed by atoms with Crippen LogP contribution in [-0.4, -0.2) is 31.0 Å². The van der Waals surface area contributed by atoms with Gasteiger partial charge in [0.1, 0.15) is 0 Å². The number of sulfone groups is 1. The summed E-state index contributed by atoms with van der Waals surface area (Å²) in [6.45, 7) is 0. The Bertz CT molecular complexity index is 332. The number of fused-ring (bicyclic) bond motifs is 1. The third-order valence-electron chi connectivity index (χ3n) is 3.17. The molecule has 1 aliphatic heterocycles. The fourth-order valence-electron chi connectivity index (χ4n) is 2.54. The molecule has 1 saturated carbocycles. The fourth-order valence-corrected chi connectivity index (χ4v) is 4.84. The lowest BCUT2D eigenvalue weighted by atomic mass is 9.65. The summed E-state index contributed by atoms with van der Waals surface area (Å²) in [6.07, 6.45) is 0.923. The third-order valence-corrected chi connectivity index (χ3v) is 5.00. The number of carboxylic acid groups (broad SMARTS) is 1. The van der Waals surface area contributed by atoms with Gasteiger partial charge in [0.25, 0.3) is 0 Å². The molecule has 3 unspecified atom stereocenters. The molecule has 13 heavy (non-hydrogen) atoms. The standard InChI is InChI=1S/C8H12O4S/c9-8(10)2-5-1-6-3-13(11,12)4-7(5)6/h5-7H,1-4H2,(H,9,10). The van der Waals surface area contributed by atoms with Gasteiger partial charge in [0, 0.05) is 6.42 Å². The Hall–Kier alpha value is -0.580. The molecule has 1 saturated heterocycles. The van der Waals surface area contributed by atoms with Crippen LogP contribution in [0.3, 0.4) is 0 Å². The van der Waals surface area contributed by atoms with E-state index < -0.39 is 15.8 Å². The smallest absolute Gasteiger partial charge is 0.303 e. The van der Waals surface area contributed by atoms with Crippen LogP contribution in [0.15, 0.2) is 0 Å². The Balaban J connectivity index is 2.00. The largest absolute Gasteiger partial charge is 0.481 e. The van der Waals surface area contributed by atoms with E-state index in [4.69, 9.17) is 5.11 Å². The molecular weight excluding hydrogens is 192 g/mol. The monoisotopic (exact) mass is 204 g/mol. The van der Waals surface area contributed by atoms with Crippen molar-refractivity contribution in [2.45, 2.75) is 12.8 Å². The van der Waals surface area contributed by atoms with E-state index in [1.807, 2.05) is 0 Å². The zero-order valence-electron chi connectivity index (χ0n) is 7.14. The lowest BCUT2D eigenvalue weighted by Crippen LogP contribution is -2.36. The highest BCUT2D eigenvalue weighted by Crippen LogP contribution is 2.48. The van der Waals surface area contributed by atoms with Gasteiger partial charge in [-0.05, 0) is 24.2 Å². The van der Waals surface area contributed by atoms with Gasteiger partial charge < -0.3 is 5.11 Å². The lowest BCUT2D eigenvalue weighted by Gasteiger charge is -2.38. The van der Waals surface area contributed by atoms with E-state index in [1.165, 1.54) is 0 Å². The first-order valence-electron chi connectivity index (χ1n) is 4.40. The fraction of sp³-hybridized carbons (Fsp3) is 0.875. The van der Waals surface area contributed by atoms with Crippen molar-refractivity contribution in [3.63, 3.8) is 0 Å². The minimum absolute atomic E-state index is 0.111. The van der Waals surface area contributed by atoms with E-state index in [0.717, 1.165) is 6.42 Å². The molecule has 74 valence electrons. The molecule has 1 heterocycles. The molecule has 0 aromatic rings. The third kappa shape index (κ3) is 1.57. The number of carbonyl (C=O) groups is 1. The molecule has 0 spiro atoms. The molecule has 0 amide bonds. The molecule has 2 rings (SSSR count). The second-order valence-electron chi connectivity index (χ2n) is 4.09. The number of aliphatic carboxylic acids is 1. The van der Waals surface area contributed by atoms with Crippen LogP contribution in [0.1, 0.15) is 12.8 Å². The van der Waals surface area contributed by atoms with Gasteiger partial charge in [0.15, 0.2) is 9.84 Å². The van der Waals surface area contributed by atoms with Gasteiger partial charge in [-0.3, -0.25) is 4.79 Å². The average Bonchev–Trinajstić information content (AvgIpc) is 2.20. The topological polar surface area (TPSA) is 71.4 Å². The first-order valence-corrected chi connectivity index (χ1v) is 6.22. The van der Waals surface area contributed by atoms with E-state index in [-0.39, 0.29) is 35.7 Å². The summed E-state index contributed by atoms with van der Waals surface area (Å²) in [6, 6.07) is 0. The number of hydrogen-bond donors (Lipinski definition) is 1. The molecule has 2 fully saturated rings. The number of hydrogen-bond acceptors (Lipinski definition) is 3. The van der Waals surface area contributed by atoms with E-state index >= 15 is 0 Å². The van der Waals surface area contributed by atoms with E-state index in [2.05, 4.69) is 0 Å². The summed E-state index contributed by atoms with van der Waals surface area (Å²) in [5, 5.41) is 8.55. The van der Waals surface area contributed by atoms with Gasteiger partial charge in [0.2, 0.25) is 0 Å². The molecular formula is C8H12O4S. The SMILES string of the molecule is O=C(O)CC1CC2CS(=O)(=O)CC12. The van der Waals surface area contributed by atoms with Gasteiger partial charge in [-0.25, -0.2) is 8.42 Å². The van der Waals surface area contributed by atoms with Crippen LogP contribution in [0.2, 0.25) is 0 Å². The summed E-state index contributed by atoms with van der Waals surface area (Å²) in [4.78, 5) is 10.4. The van der Waals surface area contributed by atoms with Crippen molar-refractivity contribution in [3.8, 4) is 0 Å². The first kappa shape index (κ1) is 8.99. The maximum absolute atomic E-state index is 11.2. The molecule has 4 nitrogen and oxygen atoms in total. The maximum atomic E-state index is 11.2. The van der Waals surface area contributed by atoms with Crippen LogP contribution in [0.4, 0.5) is 0 Å². The number of carboxylic acids is 1. The number of rotatable bonds is 2. The van der Waals surface area contributed by atoms with E-state index in [1.54, 1.807) is 0 Å². The normalized spacial score (nSPS) is 40.8. The Morgan fingerprint density at radius 3 is 2.62 bits per heavy atom. The minimum Gasteiger partial charge on any atom is -0.481 e. The summed E-state index contributed by atoms with van der Waals surface area (Å²) in [5.41, 5.74) is 0. The van der Waals surface area contributed by atoms with Crippen molar-refractivity contribution in [1.29, 1.82) is 0 Å². The minimum atomic E-state index is -2.84. The second kappa shape index (κ2) is 2.70. The predicted molar refractivity (Wildman–Crippen MR) is 46.0 cm³/mol. The van der Waals surface area contributed by atoms with Gasteiger partial charge in [0.05, 0.1) is 11.5 Å². The van der Waals surface area contributed by atoms with Crippen LogP contribution in [-0.2, 0) is 14.6 Å². The molecule has 0 radical (unpaired) electrons. The van der Waals surface area contributed by atoms with Crippen LogP contribution < -0.4 is 0 Å². The van der Waals surface area contributed by atoms with Crippen LogP contribution >= 0.6 is 0 Å². The molecule has 2 aliphatic rings. The summed E-state index contributed by atoms with van der Waals surface area (Å²) in [5.74, 6) is 0.201. The van der Waals surface area contributed by atoms with Gasteiger partial charge >= 0.3 is 5.97 Å². The zero-order valence-corrected chi connectivity index (χ0v) is 7.96. The molecule has 0 bridgehead atoms. The quantitative estimate of drug-likeness (QED) is 0.694. The molecule has 0 aromatic carbocycles. The molecule has 0 aromatic heterocycles. The highest BCUT2D eigenvalue weighted by molar-refractivity contribution is 7.91. The molecule has 1 N–H and O–H groups in total. The summed E-state index contributed by atoms with van der Waals surface area (Å²) in [7, 11) is -2.84. The maximum Gasteiger partial charge on any atom is 0.303 e.